The molecule has 0 bridgehead atoms. The third kappa shape index (κ3) is 1.53. The van der Waals surface area contributed by atoms with Crippen molar-refractivity contribution in [3.05, 3.63) is 11.8 Å². The molecule has 0 aromatic heterocycles. The Labute approximate surface area is 63.1 Å². The lowest BCUT2D eigenvalue weighted by Gasteiger charge is -2.23. The molecule has 0 spiro atoms. The van der Waals surface area contributed by atoms with Crippen LogP contribution >= 0.6 is 0 Å². The summed E-state index contributed by atoms with van der Waals surface area (Å²) < 4.78 is 5.21. The second kappa shape index (κ2) is 3.09. The first-order valence-corrected chi connectivity index (χ1v) is 3.98. The van der Waals surface area contributed by atoms with Crippen LogP contribution in [0.15, 0.2) is 11.8 Å². The second-order valence-corrected chi connectivity index (χ2v) is 3.29. The molecule has 1 unspecified atom stereocenters. The van der Waals surface area contributed by atoms with E-state index in [0.717, 1.165) is 5.92 Å². The molecule has 0 aromatic rings. The molecule has 0 amide bonds. The Hall–Kier alpha value is -0.460. The van der Waals surface area contributed by atoms with Gasteiger partial charge >= 0.3 is 0 Å². The fraction of sp³-hybridized carbons (Fsp3) is 0.778. The van der Waals surface area contributed by atoms with Crippen LogP contribution in [0.25, 0.3) is 0 Å². The number of hydrogen-bond acceptors (Lipinski definition) is 1. The van der Waals surface area contributed by atoms with E-state index in [4.69, 9.17) is 4.74 Å². The smallest absolute Gasteiger partial charge is 0.0943 e. The average Bonchev–Trinajstić information content (AvgIpc) is 1.88. The van der Waals surface area contributed by atoms with Crippen LogP contribution in [0.4, 0.5) is 0 Å². The number of allylic oxidation sites excluding steroid dienone is 2. The van der Waals surface area contributed by atoms with Crippen molar-refractivity contribution >= 4 is 0 Å². The van der Waals surface area contributed by atoms with Crippen molar-refractivity contribution in [3.8, 4) is 0 Å². The van der Waals surface area contributed by atoms with Crippen molar-refractivity contribution in [1.29, 1.82) is 0 Å². The number of ether oxygens (including phenoxy) is 1. The van der Waals surface area contributed by atoms with Crippen LogP contribution in [0.3, 0.4) is 0 Å². The molecular weight excluding hydrogens is 124 g/mol. The van der Waals surface area contributed by atoms with Gasteiger partial charge in [-0.2, -0.15) is 0 Å². The predicted molar refractivity (Wildman–Crippen MR) is 42.7 cm³/mol. The van der Waals surface area contributed by atoms with Crippen LogP contribution in [0.2, 0.25) is 0 Å². The summed E-state index contributed by atoms with van der Waals surface area (Å²) in [5, 5.41) is 0. The monoisotopic (exact) mass is 140 g/mol. The highest BCUT2D eigenvalue weighted by Gasteiger charge is 2.17. The van der Waals surface area contributed by atoms with Gasteiger partial charge in [0.15, 0.2) is 0 Å². The predicted octanol–water partition coefficient (Wildman–Crippen LogP) is 2.58. The summed E-state index contributed by atoms with van der Waals surface area (Å²) in [5.74, 6) is 2.65. The third-order valence-corrected chi connectivity index (χ3v) is 2.20. The Morgan fingerprint density at radius 3 is 2.70 bits per heavy atom. The van der Waals surface area contributed by atoms with E-state index in [1.165, 1.54) is 18.6 Å². The molecule has 0 aliphatic heterocycles. The first-order valence-electron chi connectivity index (χ1n) is 3.98. The molecule has 1 nitrogen and oxygen atoms in total. The first kappa shape index (κ1) is 7.64. The third-order valence-electron chi connectivity index (χ3n) is 2.20. The highest BCUT2D eigenvalue weighted by Crippen LogP contribution is 2.28. The minimum Gasteiger partial charge on any atom is -0.501 e. The molecule has 0 saturated carbocycles. The standard InChI is InChI=1S/C9H16O/c1-7-4-5-9(10-3)8(2)6-7/h5,7-8H,4,6H2,1-3H3/t7?,8-/m0/s1. The topological polar surface area (TPSA) is 9.23 Å². The van der Waals surface area contributed by atoms with Crippen LogP contribution in [-0.4, -0.2) is 7.11 Å². The van der Waals surface area contributed by atoms with E-state index < -0.39 is 0 Å². The van der Waals surface area contributed by atoms with Crippen LogP contribution in [0.1, 0.15) is 26.7 Å². The molecule has 1 aliphatic carbocycles. The van der Waals surface area contributed by atoms with Gasteiger partial charge in [-0.15, -0.1) is 0 Å². The molecule has 0 N–H and O–H groups in total. The highest BCUT2D eigenvalue weighted by molar-refractivity contribution is 5.02. The van der Waals surface area contributed by atoms with Gasteiger partial charge in [-0.05, 0) is 24.8 Å². The van der Waals surface area contributed by atoms with Crippen LogP contribution in [-0.2, 0) is 4.74 Å². The van der Waals surface area contributed by atoms with Gasteiger partial charge in [-0.25, -0.2) is 0 Å². The van der Waals surface area contributed by atoms with Gasteiger partial charge in [0.1, 0.15) is 0 Å². The molecule has 0 aromatic carbocycles. The molecule has 1 heteroatoms. The van der Waals surface area contributed by atoms with E-state index in [9.17, 15) is 0 Å². The molecule has 10 heavy (non-hydrogen) atoms. The molecule has 58 valence electrons. The summed E-state index contributed by atoms with van der Waals surface area (Å²) in [7, 11) is 1.76. The van der Waals surface area contributed by atoms with Crippen molar-refractivity contribution in [2.75, 3.05) is 7.11 Å². The Kier molecular flexibility index (Phi) is 2.36. The van der Waals surface area contributed by atoms with E-state index in [1.807, 2.05) is 0 Å². The average molecular weight is 140 g/mol. The Balaban J connectivity index is 2.57. The van der Waals surface area contributed by atoms with E-state index >= 15 is 0 Å². The Bertz CT molecular complexity index is 138. The van der Waals surface area contributed by atoms with Crippen molar-refractivity contribution in [2.24, 2.45) is 11.8 Å². The molecule has 0 fully saturated rings. The van der Waals surface area contributed by atoms with Gasteiger partial charge in [0.05, 0.1) is 12.9 Å². The minimum atomic E-state index is 0.633. The molecule has 1 aliphatic rings. The second-order valence-electron chi connectivity index (χ2n) is 3.29. The largest absolute Gasteiger partial charge is 0.501 e. The van der Waals surface area contributed by atoms with Gasteiger partial charge in [0, 0.05) is 5.92 Å². The normalized spacial score (nSPS) is 33.3. The summed E-state index contributed by atoms with van der Waals surface area (Å²) in [6, 6.07) is 0. The molecule has 1 rings (SSSR count). The summed E-state index contributed by atoms with van der Waals surface area (Å²) in [6.07, 6.45) is 4.69. The lowest BCUT2D eigenvalue weighted by atomic mass is 9.88. The van der Waals surface area contributed by atoms with E-state index in [0.29, 0.717) is 5.92 Å². The maximum absolute atomic E-state index is 5.21. The lowest BCUT2D eigenvalue weighted by molar-refractivity contribution is 0.217. The van der Waals surface area contributed by atoms with Crippen LogP contribution in [0.5, 0.6) is 0 Å². The molecule has 0 saturated heterocycles. The van der Waals surface area contributed by atoms with Crippen molar-refractivity contribution in [1.82, 2.24) is 0 Å². The zero-order chi connectivity index (χ0) is 7.56. The summed E-state index contributed by atoms with van der Waals surface area (Å²) >= 11 is 0. The molecule has 0 heterocycles. The number of methoxy groups -OCH3 is 1. The summed E-state index contributed by atoms with van der Waals surface area (Å²) in [4.78, 5) is 0. The Morgan fingerprint density at radius 1 is 1.50 bits per heavy atom. The minimum absolute atomic E-state index is 0.633. The molecule has 2 atom stereocenters. The van der Waals surface area contributed by atoms with Crippen molar-refractivity contribution in [3.63, 3.8) is 0 Å². The zero-order valence-electron chi connectivity index (χ0n) is 7.05. The van der Waals surface area contributed by atoms with E-state index in [-0.39, 0.29) is 0 Å². The van der Waals surface area contributed by atoms with Gasteiger partial charge in [0.2, 0.25) is 0 Å². The Morgan fingerprint density at radius 2 is 2.20 bits per heavy atom. The molecule has 0 radical (unpaired) electrons. The fourth-order valence-electron chi connectivity index (χ4n) is 1.62. The van der Waals surface area contributed by atoms with Gasteiger partial charge in [-0.1, -0.05) is 13.8 Å². The SMILES string of the molecule is COC1=CCC(C)C[C@@H]1C. The highest BCUT2D eigenvalue weighted by atomic mass is 16.5. The zero-order valence-corrected chi connectivity index (χ0v) is 7.05. The summed E-state index contributed by atoms with van der Waals surface area (Å²) in [6.45, 7) is 4.52. The van der Waals surface area contributed by atoms with Gasteiger partial charge < -0.3 is 4.74 Å². The van der Waals surface area contributed by atoms with Crippen molar-refractivity contribution in [2.45, 2.75) is 26.7 Å². The fourth-order valence-corrected chi connectivity index (χ4v) is 1.62. The quantitative estimate of drug-likeness (QED) is 0.544. The maximum Gasteiger partial charge on any atom is 0.0943 e. The lowest BCUT2D eigenvalue weighted by Crippen LogP contribution is -2.12. The number of rotatable bonds is 1. The van der Waals surface area contributed by atoms with Crippen LogP contribution < -0.4 is 0 Å². The van der Waals surface area contributed by atoms with E-state index in [2.05, 4.69) is 19.9 Å². The summed E-state index contributed by atoms with van der Waals surface area (Å²) in [5.41, 5.74) is 0. The van der Waals surface area contributed by atoms with E-state index in [1.54, 1.807) is 7.11 Å². The molecular formula is C9H16O. The van der Waals surface area contributed by atoms with Gasteiger partial charge in [0.25, 0.3) is 0 Å². The van der Waals surface area contributed by atoms with Crippen molar-refractivity contribution < 1.29 is 4.74 Å². The maximum atomic E-state index is 5.21. The number of hydrogen-bond donors (Lipinski definition) is 0. The van der Waals surface area contributed by atoms with Gasteiger partial charge in [-0.3, -0.25) is 0 Å². The van der Waals surface area contributed by atoms with Crippen LogP contribution in [0, 0.1) is 11.8 Å². The first-order chi connectivity index (χ1) is 4.74.